The van der Waals surface area contributed by atoms with Crippen LogP contribution in [0.4, 0.5) is 0 Å². The molecule has 0 aliphatic heterocycles. The summed E-state index contributed by atoms with van der Waals surface area (Å²) in [6.07, 6.45) is 1.43. The molecule has 0 spiro atoms. The third-order valence-corrected chi connectivity index (χ3v) is 6.14. The summed E-state index contributed by atoms with van der Waals surface area (Å²) in [6.45, 7) is 0. The average molecular weight is 376 g/mol. The van der Waals surface area contributed by atoms with Crippen molar-refractivity contribution in [3.05, 3.63) is 70.8 Å². The zero-order chi connectivity index (χ0) is 19.9. The van der Waals surface area contributed by atoms with Crippen LogP contribution in [0.2, 0.25) is 0 Å². The molecule has 0 fully saturated rings. The first-order valence-corrected chi connectivity index (χ1v) is 9.31. The highest BCUT2D eigenvalue weighted by molar-refractivity contribution is 6.39. The zero-order valence-corrected chi connectivity index (χ0v) is 15.1. The van der Waals surface area contributed by atoms with Crippen LogP contribution in [0.1, 0.15) is 47.9 Å². The highest BCUT2D eigenvalue weighted by Crippen LogP contribution is 2.44. The zero-order valence-electron chi connectivity index (χ0n) is 15.1. The molecular weight excluding hydrogens is 364 g/mol. The number of rotatable bonds is 2. The minimum Gasteiger partial charge on any atom is -0.298 e. The van der Waals surface area contributed by atoms with Gasteiger partial charge in [0.1, 0.15) is 0 Å². The summed E-state index contributed by atoms with van der Waals surface area (Å²) in [5.41, 5.74) is 2.09. The van der Waals surface area contributed by atoms with E-state index in [-0.39, 0.29) is 18.0 Å². The first-order valence-electron chi connectivity index (χ1n) is 9.31. The van der Waals surface area contributed by atoms with E-state index in [2.05, 4.69) is 0 Å². The summed E-state index contributed by atoms with van der Waals surface area (Å²) < 4.78 is 0. The highest BCUT2D eigenvalue weighted by Gasteiger charge is 2.28. The van der Waals surface area contributed by atoms with E-state index in [1.165, 1.54) is 0 Å². The molecule has 0 aromatic heterocycles. The summed E-state index contributed by atoms with van der Waals surface area (Å²) in [7, 11) is 0. The van der Waals surface area contributed by atoms with E-state index in [0.717, 1.165) is 44.9 Å². The topological polar surface area (TPSA) is 68.3 Å². The van der Waals surface area contributed by atoms with Crippen molar-refractivity contribution in [3.8, 4) is 0 Å². The summed E-state index contributed by atoms with van der Waals surface area (Å²) in [4.78, 5) is 48.4. The van der Waals surface area contributed by atoms with Crippen molar-refractivity contribution in [2.45, 2.75) is 6.42 Å². The normalized spacial score (nSPS) is 13.8. The first kappa shape index (κ1) is 16.1. The molecule has 5 aromatic carbocycles. The Hall–Kier alpha value is -3.92. The lowest BCUT2D eigenvalue weighted by Gasteiger charge is -2.21. The third-order valence-electron chi connectivity index (χ3n) is 6.14. The van der Waals surface area contributed by atoms with Crippen molar-refractivity contribution in [1.29, 1.82) is 0 Å². The van der Waals surface area contributed by atoms with Crippen LogP contribution in [0.3, 0.4) is 0 Å². The fraction of sp³-hybridized carbons (Fsp3) is 0.0400. The molecule has 0 unspecified atom stereocenters. The number of Topliss-reactive ketones (excluding diaryl/α,β-unsaturated/α-hetero) is 2. The summed E-state index contributed by atoms with van der Waals surface area (Å²) in [6, 6.07) is 14.6. The molecule has 4 nitrogen and oxygen atoms in total. The SMILES string of the molecule is O=Cc1ccc2c3ccc4c5c(ccc(c6ccc(C=O)c1c26)c53)C(=O)CC4=O. The van der Waals surface area contributed by atoms with E-state index in [0.29, 0.717) is 33.0 Å². The molecule has 4 heteroatoms. The molecule has 0 heterocycles. The Kier molecular flexibility index (Phi) is 2.95. The maximum atomic E-state index is 12.5. The van der Waals surface area contributed by atoms with Crippen molar-refractivity contribution < 1.29 is 19.2 Å². The van der Waals surface area contributed by atoms with Gasteiger partial charge in [0.15, 0.2) is 24.1 Å². The average Bonchev–Trinajstić information content (AvgIpc) is 2.75. The first-order chi connectivity index (χ1) is 14.1. The molecule has 0 N–H and O–H groups in total. The van der Waals surface area contributed by atoms with Crippen molar-refractivity contribution in [2.24, 2.45) is 0 Å². The van der Waals surface area contributed by atoms with Crippen molar-refractivity contribution in [1.82, 2.24) is 0 Å². The van der Waals surface area contributed by atoms with Gasteiger partial charge in [-0.25, -0.2) is 0 Å². The quantitative estimate of drug-likeness (QED) is 0.185. The molecule has 1 aliphatic carbocycles. The Labute approximate surface area is 164 Å². The number of benzene rings is 5. The molecule has 0 saturated carbocycles. The van der Waals surface area contributed by atoms with Gasteiger partial charge in [0.25, 0.3) is 0 Å². The van der Waals surface area contributed by atoms with Crippen LogP contribution < -0.4 is 0 Å². The summed E-state index contributed by atoms with van der Waals surface area (Å²) in [5, 5.41) is 6.67. The molecular formula is C25H12O4. The lowest BCUT2D eigenvalue weighted by atomic mass is 9.81. The molecule has 0 bridgehead atoms. The van der Waals surface area contributed by atoms with E-state index in [1.807, 2.05) is 24.3 Å². The number of aldehydes is 2. The van der Waals surface area contributed by atoms with Crippen molar-refractivity contribution in [2.75, 3.05) is 0 Å². The van der Waals surface area contributed by atoms with Crippen LogP contribution in [0.15, 0.2) is 48.5 Å². The van der Waals surface area contributed by atoms with E-state index in [9.17, 15) is 19.2 Å². The van der Waals surface area contributed by atoms with Crippen LogP contribution in [-0.4, -0.2) is 24.1 Å². The predicted octanol–water partition coefficient (Wildman–Crippen LogP) is 5.13. The largest absolute Gasteiger partial charge is 0.298 e. The van der Waals surface area contributed by atoms with Gasteiger partial charge >= 0.3 is 0 Å². The monoisotopic (exact) mass is 376 g/mol. The molecule has 29 heavy (non-hydrogen) atoms. The van der Waals surface area contributed by atoms with E-state index in [4.69, 9.17) is 0 Å². The predicted molar refractivity (Wildman–Crippen MR) is 112 cm³/mol. The Morgan fingerprint density at radius 1 is 0.517 bits per heavy atom. The minimum atomic E-state index is -0.158. The standard InChI is InChI=1S/C25H12O4/c26-10-12-1-3-14-16-5-7-18-20(28)9-21(29)19-8-6-17(24(16)25(18)19)15-4-2-13(11-27)22(12)23(14)15/h1-8,10-11H,9H2. The number of ketones is 2. The fourth-order valence-corrected chi connectivity index (χ4v) is 4.94. The van der Waals surface area contributed by atoms with Gasteiger partial charge < -0.3 is 0 Å². The molecule has 136 valence electrons. The summed E-state index contributed by atoms with van der Waals surface area (Å²) >= 11 is 0. The fourth-order valence-electron chi connectivity index (χ4n) is 4.94. The molecule has 1 aliphatic rings. The number of hydrogen-bond acceptors (Lipinski definition) is 4. The molecule has 5 aromatic rings. The summed E-state index contributed by atoms with van der Waals surface area (Å²) in [5.74, 6) is -0.315. The number of fused-ring (bicyclic) bond motifs is 2. The van der Waals surface area contributed by atoms with Gasteiger partial charge in [-0.2, -0.15) is 0 Å². The highest BCUT2D eigenvalue weighted by atomic mass is 16.1. The molecule has 0 radical (unpaired) electrons. The van der Waals surface area contributed by atoms with Gasteiger partial charge in [0.05, 0.1) is 6.42 Å². The van der Waals surface area contributed by atoms with Gasteiger partial charge in [-0.05, 0) is 32.3 Å². The maximum absolute atomic E-state index is 12.5. The molecule has 6 rings (SSSR count). The molecule has 0 saturated heterocycles. The number of hydrogen-bond donors (Lipinski definition) is 0. The van der Waals surface area contributed by atoms with Gasteiger partial charge in [-0.15, -0.1) is 0 Å². The van der Waals surface area contributed by atoms with E-state index >= 15 is 0 Å². The van der Waals surface area contributed by atoms with Crippen molar-refractivity contribution >= 4 is 67.2 Å². The lowest BCUT2D eigenvalue weighted by Crippen LogP contribution is -2.16. The van der Waals surface area contributed by atoms with Crippen LogP contribution in [0.25, 0.3) is 43.1 Å². The second kappa shape index (κ2) is 5.32. The van der Waals surface area contributed by atoms with Gasteiger partial charge in [0, 0.05) is 33.0 Å². The third kappa shape index (κ3) is 1.83. The van der Waals surface area contributed by atoms with Crippen molar-refractivity contribution in [3.63, 3.8) is 0 Å². The Morgan fingerprint density at radius 3 is 1.38 bits per heavy atom. The second-order valence-corrected chi connectivity index (χ2v) is 7.48. The Balaban J connectivity index is 1.99. The second-order valence-electron chi connectivity index (χ2n) is 7.48. The number of carbonyl (C=O) groups is 4. The smallest absolute Gasteiger partial charge is 0.171 e. The lowest BCUT2D eigenvalue weighted by molar-refractivity contribution is 0.0889. The Morgan fingerprint density at radius 2 is 0.931 bits per heavy atom. The van der Waals surface area contributed by atoms with Gasteiger partial charge in [-0.1, -0.05) is 48.5 Å². The minimum absolute atomic E-state index is 0.0989. The van der Waals surface area contributed by atoms with Gasteiger partial charge in [-0.3, -0.25) is 19.2 Å². The molecule has 0 amide bonds. The van der Waals surface area contributed by atoms with E-state index < -0.39 is 0 Å². The van der Waals surface area contributed by atoms with Gasteiger partial charge in [0.2, 0.25) is 0 Å². The van der Waals surface area contributed by atoms with E-state index in [1.54, 1.807) is 24.3 Å². The number of carbonyl (C=O) groups excluding carboxylic acids is 4. The van der Waals surface area contributed by atoms with Crippen LogP contribution in [0, 0.1) is 0 Å². The van der Waals surface area contributed by atoms with Crippen LogP contribution in [-0.2, 0) is 0 Å². The Bertz CT molecular complexity index is 1480. The van der Waals surface area contributed by atoms with Crippen LogP contribution >= 0.6 is 0 Å². The maximum Gasteiger partial charge on any atom is 0.171 e. The van der Waals surface area contributed by atoms with Crippen LogP contribution in [0.5, 0.6) is 0 Å². The molecule has 0 atom stereocenters.